The summed E-state index contributed by atoms with van der Waals surface area (Å²) in [6.07, 6.45) is 1.58. The minimum Gasteiger partial charge on any atom is -0.310 e. The van der Waals surface area contributed by atoms with E-state index >= 15 is 0 Å². The van der Waals surface area contributed by atoms with Crippen molar-refractivity contribution >= 4 is 7.44 Å². The van der Waals surface area contributed by atoms with E-state index in [0.717, 1.165) is 6.42 Å². The van der Waals surface area contributed by atoms with E-state index in [2.05, 4.69) is 19.6 Å². The molecule has 12 heavy (non-hydrogen) atoms. The Morgan fingerprint density at radius 3 is 2.17 bits per heavy atom. The van der Waals surface area contributed by atoms with Crippen molar-refractivity contribution in [1.29, 1.82) is 0 Å². The molecule has 0 aliphatic carbocycles. The number of rotatable bonds is 5. The summed E-state index contributed by atoms with van der Waals surface area (Å²) < 4.78 is 11.3. The van der Waals surface area contributed by atoms with Gasteiger partial charge in [-0.1, -0.05) is 13.3 Å². The number of nitrogens with zero attached hydrogens (tertiary/aromatic N) is 6. The van der Waals surface area contributed by atoms with Gasteiger partial charge >= 0.3 is 0 Å². The average molecular weight is 188 g/mol. The molecule has 0 aromatic carbocycles. The highest BCUT2D eigenvalue weighted by Crippen LogP contribution is 2.50. The van der Waals surface area contributed by atoms with E-state index in [1.807, 2.05) is 6.92 Å². The lowest BCUT2D eigenvalue weighted by atomic mass is 10.4. The summed E-state index contributed by atoms with van der Waals surface area (Å²) in [6.45, 7) is 1.90. The molecule has 8 heteroatoms. The molecule has 0 saturated heterocycles. The molecule has 0 spiro atoms. The standard InChI is InChI=1S/C4H9N6OP/c1-2-3-4-12(11,9-7-5)10-8-6/h2-4H2,1H3. The number of unbranched alkanes of at least 4 members (excludes halogenated alkanes) is 1. The molecule has 66 valence electrons. The van der Waals surface area contributed by atoms with E-state index in [9.17, 15) is 4.57 Å². The molecule has 0 atom stereocenters. The molecule has 0 rings (SSSR count). The molecule has 0 unspecified atom stereocenters. The first kappa shape index (κ1) is 10.8. The van der Waals surface area contributed by atoms with Crippen molar-refractivity contribution in [2.45, 2.75) is 19.8 Å². The Bertz CT molecular complexity index is 253. The van der Waals surface area contributed by atoms with Crippen LogP contribution in [0.2, 0.25) is 0 Å². The normalized spacial score (nSPS) is 13.8. The van der Waals surface area contributed by atoms with Crippen molar-refractivity contribution < 1.29 is 4.57 Å². The van der Waals surface area contributed by atoms with Crippen molar-refractivity contribution in [3.8, 4) is 0 Å². The fourth-order valence-electron chi connectivity index (χ4n) is 0.596. The van der Waals surface area contributed by atoms with Crippen molar-refractivity contribution in [2.24, 2.45) is 9.77 Å². The van der Waals surface area contributed by atoms with Crippen LogP contribution in [0.25, 0.3) is 20.9 Å². The summed E-state index contributed by atoms with van der Waals surface area (Å²) in [4.78, 5) is 10.8. The van der Waals surface area contributed by atoms with Crippen molar-refractivity contribution in [3.63, 3.8) is 0 Å². The molecule has 0 aliphatic rings. The van der Waals surface area contributed by atoms with Crippen LogP contribution < -0.4 is 0 Å². The van der Waals surface area contributed by atoms with Crippen molar-refractivity contribution in [2.75, 3.05) is 6.16 Å². The molecular formula is C4H9N6OP. The lowest BCUT2D eigenvalue weighted by Gasteiger charge is -2.01. The van der Waals surface area contributed by atoms with E-state index < -0.39 is 7.44 Å². The molecule has 7 nitrogen and oxygen atoms in total. The van der Waals surface area contributed by atoms with Gasteiger partial charge in [-0.05, 0) is 27.3 Å². The SMILES string of the molecule is CCCCP(=O)(N=[N+]=[N-])N=[N+]=[N-]. The van der Waals surface area contributed by atoms with Gasteiger partial charge in [0.2, 0.25) is 0 Å². The molecule has 0 saturated carbocycles. The van der Waals surface area contributed by atoms with Crippen LogP contribution in [0.5, 0.6) is 0 Å². The summed E-state index contributed by atoms with van der Waals surface area (Å²) in [7, 11) is -3.32. The third-order valence-electron chi connectivity index (χ3n) is 1.16. The quantitative estimate of drug-likeness (QED) is 0.278. The first-order chi connectivity index (χ1) is 5.68. The molecule has 0 aromatic heterocycles. The van der Waals surface area contributed by atoms with Gasteiger partial charge in [0, 0.05) is 16.0 Å². The number of azide groups is 1. The Balaban J connectivity index is 4.50. The van der Waals surface area contributed by atoms with Crippen LogP contribution in [0.15, 0.2) is 9.77 Å². The van der Waals surface area contributed by atoms with E-state index in [1.54, 1.807) is 0 Å². The topological polar surface area (TPSA) is 115 Å². The van der Waals surface area contributed by atoms with Gasteiger partial charge in [-0.3, -0.25) is 0 Å². The molecule has 0 radical (unpaired) electrons. The maximum Gasteiger partial charge on any atom is 0.258 e. The summed E-state index contributed by atoms with van der Waals surface area (Å²) in [5.41, 5.74) is 16.1. The van der Waals surface area contributed by atoms with Gasteiger partial charge in [-0.2, -0.15) is 0 Å². The van der Waals surface area contributed by atoms with Crippen LogP contribution in [-0.2, 0) is 4.57 Å². The smallest absolute Gasteiger partial charge is 0.258 e. The van der Waals surface area contributed by atoms with Crippen molar-refractivity contribution in [1.82, 2.24) is 0 Å². The highest BCUT2D eigenvalue weighted by molar-refractivity contribution is 7.60. The Labute approximate surface area is 69.5 Å². The van der Waals surface area contributed by atoms with Crippen LogP contribution in [0.3, 0.4) is 0 Å². The predicted molar refractivity (Wildman–Crippen MR) is 45.7 cm³/mol. The van der Waals surface area contributed by atoms with E-state index in [4.69, 9.17) is 11.1 Å². The number of hydrogen-bond donors (Lipinski definition) is 0. The molecule has 0 fully saturated rings. The molecular weight excluding hydrogens is 179 g/mol. The Hall–Kier alpha value is -1.15. The van der Waals surface area contributed by atoms with E-state index in [1.165, 1.54) is 0 Å². The second kappa shape index (κ2) is 5.49. The first-order valence-electron chi connectivity index (χ1n) is 3.41. The predicted octanol–water partition coefficient (Wildman–Crippen LogP) is 3.60. The van der Waals surface area contributed by atoms with E-state index in [0.29, 0.717) is 6.42 Å². The van der Waals surface area contributed by atoms with Crippen molar-refractivity contribution in [3.05, 3.63) is 20.9 Å². The maximum absolute atomic E-state index is 11.3. The Morgan fingerprint density at radius 1 is 1.33 bits per heavy atom. The zero-order valence-electron chi connectivity index (χ0n) is 6.66. The molecule has 0 heterocycles. The molecule has 0 amide bonds. The zero-order valence-corrected chi connectivity index (χ0v) is 7.55. The second-order valence-corrected chi connectivity index (χ2v) is 4.23. The van der Waals surface area contributed by atoms with Crippen LogP contribution in [0, 0.1) is 0 Å². The van der Waals surface area contributed by atoms with Crippen LogP contribution in [0.1, 0.15) is 19.8 Å². The second-order valence-electron chi connectivity index (χ2n) is 2.10. The first-order valence-corrected chi connectivity index (χ1v) is 5.20. The fraction of sp³-hybridized carbons (Fsp3) is 1.00. The van der Waals surface area contributed by atoms with Gasteiger partial charge in [0.05, 0.1) is 0 Å². The lowest BCUT2D eigenvalue weighted by molar-refractivity contribution is 0.574. The molecule has 0 aliphatic heterocycles. The van der Waals surface area contributed by atoms with Gasteiger partial charge in [-0.25, -0.2) is 0 Å². The summed E-state index contributed by atoms with van der Waals surface area (Å²) in [6, 6.07) is 0. The van der Waals surface area contributed by atoms with Crippen LogP contribution in [-0.4, -0.2) is 6.16 Å². The number of hydrogen-bond acceptors (Lipinski definition) is 1. The molecule has 0 aromatic rings. The minimum atomic E-state index is -3.32. The average Bonchev–Trinajstić information content (AvgIpc) is 2.02. The summed E-state index contributed by atoms with van der Waals surface area (Å²) >= 11 is 0. The van der Waals surface area contributed by atoms with E-state index in [-0.39, 0.29) is 6.16 Å². The monoisotopic (exact) mass is 188 g/mol. The lowest BCUT2D eigenvalue weighted by Crippen LogP contribution is -1.81. The van der Waals surface area contributed by atoms with Crippen LogP contribution in [0.4, 0.5) is 0 Å². The Morgan fingerprint density at radius 2 is 1.83 bits per heavy atom. The minimum absolute atomic E-state index is 0.150. The van der Waals surface area contributed by atoms with Gasteiger partial charge in [0.25, 0.3) is 7.44 Å². The molecule has 0 bridgehead atoms. The third-order valence-corrected chi connectivity index (χ3v) is 2.78. The Kier molecular flexibility index (Phi) is 4.97. The fourth-order valence-corrected chi connectivity index (χ4v) is 1.79. The van der Waals surface area contributed by atoms with Gasteiger partial charge in [0.1, 0.15) is 0 Å². The largest absolute Gasteiger partial charge is 0.310 e. The summed E-state index contributed by atoms with van der Waals surface area (Å²) in [5.74, 6) is 0. The highest BCUT2D eigenvalue weighted by atomic mass is 31.2. The summed E-state index contributed by atoms with van der Waals surface area (Å²) in [5, 5.41) is 0. The van der Waals surface area contributed by atoms with Gasteiger partial charge in [-0.15, -0.1) is 0 Å². The maximum atomic E-state index is 11.3. The highest BCUT2D eigenvalue weighted by Gasteiger charge is 2.16. The van der Waals surface area contributed by atoms with Gasteiger partial charge < -0.3 is 4.57 Å². The third kappa shape index (κ3) is 3.88. The van der Waals surface area contributed by atoms with Crippen LogP contribution >= 0.6 is 7.44 Å². The zero-order chi connectivity index (χ0) is 9.45. The molecule has 0 N–H and O–H groups in total. The van der Waals surface area contributed by atoms with Gasteiger partial charge in [0.15, 0.2) is 0 Å².